The van der Waals surface area contributed by atoms with Crippen LogP contribution in [0.3, 0.4) is 0 Å². The second-order valence-corrected chi connectivity index (χ2v) is 9.24. The van der Waals surface area contributed by atoms with Crippen LogP contribution in [0.4, 0.5) is 14.5 Å². The summed E-state index contributed by atoms with van der Waals surface area (Å²) in [5, 5.41) is 30.3. The number of β-lactam (4-membered cyclic amide) rings is 1. The van der Waals surface area contributed by atoms with Crippen LogP contribution in [-0.2, 0) is 4.79 Å². The number of aromatic hydroxyl groups is 2. The maximum absolute atomic E-state index is 13.5. The van der Waals surface area contributed by atoms with Crippen molar-refractivity contribution in [1.82, 2.24) is 0 Å². The molecule has 0 spiro atoms. The molecular weight excluding hydrogens is 476 g/mol. The Balaban J connectivity index is 1.41. The maximum Gasteiger partial charge on any atom is 0.233 e. The Morgan fingerprint density at radius 1 is 0.757 bits per heavy atom. The Bertz CT molecular complexity index is 1390. The molecule has 1 aliphatic rings. The topological polar surface area (TPSA) is 81.0 Å². The number of carbonyl (C=O) groups is 1. The number of benzene rings is 4. The van der Waals surface area contributed by atoms with E-state index in [2.05, 4.69) is 0 Å². The zero-order chi connectivity index (χ0) is 26.1. The monoisotopic (exact) mass is 501 g/mol. The fourth-order valence-electron chi connectivity index (χ4n) is 4.92. The van der Waals surface area contributed by atoms with Crippen molar-refractivity contribution in [2.24, 2.45) is 5.92 Å². The van der Waals surface area contributed by atoms with Gasteiger partial charge in [0.25, 0.3) is 0 Å². The number of amides is 1. The van der Waals surface area contributed by atoms with Crippen LogP contribution >= 0.6 is 0 Å². The third-order valence-electron chi connectivity index (χ3n) is 6.81. The first kappa shape index (κ1) is 24.5. The van der Waals surface area contributed by atoms with E-state index in [-0.39, 0.29) is 29.3 Å². The molecule has 0 aliphatic carbocycles. The zero-order valence-electron chi connectivity index (χ0n) is 19.8. The number of phenolic OH excluding ortho intramolecular Hbond substituents is 2. The van der Waals surface area contributed by atoms with Crippen molar-refractivity contribution < 1.29 is 28.9 Å². The Morgan fingerprint density at radius 3 is 1.92 bits per heavy atom. The van der Waals surface area contributed by atoms with Crippen LogP contribution in [0.25, 0.3) is 11.1 Å². The summed E-state index contributed by atoms with van der Waals surface area (Å²) >= 11 is 0. The van der Waals surface area contributed by atoms with Crippen molar-refractivity contribution in [2.75, 3.05) is 4.90 Å². The normalized spacial score (nSPS) is 17.9. The largest absolute Gasteiger partial charge is 0.508 e. The van der Waals surface area contributed by atoms with Crippen LogP contribution in [0.5, 0.6) is 11.5 Å². The molecule has 188 valence electrons. The number of aliphatic hydroxyl groups excluding tert-OH is 1. The number of hydrogen-bond donors (Lipinski definition) is 3. The molecule has 5 rings (SSSR count). The number of anilines is 1. The second-order valence-electron chi connectivity index (χ2n) is 9.24. The van der Waals surface area contributed by atoms with Gasteiger partial charge in [-0.3, -0.25) is 4.79 Å². The summed E-state index contributed by atoms with van der Waals surface area (Å²) in [5.74, 6) is -1.41. The highest BCUT2D eigenvalue weighted by Crippen LogP contribution is 2.46. The van der Waals surface area contributed by atoms with Gasteiger partial charge in [-0.05, 0) is 83.6 Å². The van der Waals surface area contributed by atoms with Gasteiger partial charge in [0.1, 0.15) is 23.1 Å². The van der Waals surface area contributed by atoms with E-state index in [1.54, 1.807) is 29.2 Å². The first-order valence-corrected chi connectivity index (χ1v) is 12.0. The van der Waals surface area contributed by atoms with Crippen molar-refractivity contribution in [3.05, 3.63) is 114 Å². The number of carbonyl (C=O) groups excluding carboxylic acids is 1. The Hall–Kier alpha value is -4.23. The molecule has 7 heteroatoms. The van der Waals surface area contributed by atoms with E-state index in [1.807, 2.05) is 24.3 Å². The molecule has 1 fully saturated rings. The van der Waals surface area contributed by atoms with E-state index < -0.39 is 17.8 Å². The minimum Gasteiger partial charge on any atom is -0.508 e. The van der Waals surface area contributed by atoms with Gasteiger partial charge in [0.15, 0.2) is 0 Å². The van der Waals surface area contributed by atoms with E-state index in [4.69, 9.17) is 0 Å². The van der Waals surface area contributed by atoms with Crippen LogP contribution in [-0.4, -0.2) is 21.2 Å². The van der Waals surface area contributed by atoms with Crippen molar-refractivity contribution >= 4 is 11.6 Å². The minimum absolute atomic E-state index is 0.0501. The third-order valence-corrected chi connectivity index (χ3v) is 6.81. The van der Waals surface area contributed by atoms with Crippen LogP contribution in [0.2, 0.25) is 0 Å². The highest BCUT2D eigenvalue weighted by Gasteiger charge is 2.48. The summed E-state index contributed by atoms with van der Waals surface area (Å²) in [6.07, 6.45) is -0.118. The predicted octanol–water partition coefficient (Wildman–Crippen LogP) is 6.26. The van der Waals surface area contributed by atoms with Crippen LogP contribution < -0.4 is 4.90 Å². The van der Waals surface area contributed by atoms with Crippen LogP contribution in [0.1, 0.15) is 36.1 Å². The molecule has 1 unspecified atom stereocenters. The highest BCUT2D eigenvalue weighted by atomic mass is 19.1. The van der Waals surface area contributed by atoms with E-state index >= 15 is 0 Å². The third kappa shape index (κ3) is 5.04. The van der Waals surface area contributed by atoms with E-state index in [1.165, 1.54) is 42.5 Å². The molecule has 3 N–H and O–H groups in total. The van der Waals surface area contributed by atoms with Crippen LogP contribution in [0, 0.1) is 17.6 Å². The van der Waals surface area contributed by atoms with Crippen molar-refractivity contribution in [1.29, 1.82) is 0 Å². The van der Waals surface area contributed by atoms with Gasteiger partial charge in [0.05, 0.1) is 18.1 Å². The minimum atomic E-state index is -0.838. The standard InChI is InChI=1S/C30H25F2NO4/c31-22-7-5-19(6-8-22)28(36)14-13-27-29(33(30(27)37)24-11-9-23(32)10-12-24)20-3-1-18(2-4-20)21-15-25(34)17-26(35)16-21/h1-12,15-17,27-29,34-36H,13-14H2/t27?,28-,29+/m0/s1. The summed E-state index contributed by atoms with van der Waals surface area (Å²) in [7, 11) is 0. The first-order chi connectivity index (χ1) is 17.8. The van der Waals surface area contributed by atoms with Gasteiger partial charge in [-0.1, -0.05) is 36.4 Å². The molecule has 1 saturated heterocycles. The van der Waals surface area contributed by atoms with Gasteiger partial charge in [-0.2, -0.15) is 0 Å². The van der Waals surface area contributed by atoms with Gasteiger partial charge in [-0.15, -0.1) is 0 Å². The van der Waals surface area contributed by atoms with Gasteiger partial charge < -0.3 is 20.2 Å². The number of hydrogen-bond acceptors (Lipinski definition) is 4. The molecule has 4 aromatic carbocycles. The SMILES string of the molecule is O=C1C(CC[C@H](O)c2ccc(F)cc2)[C@@H](c2ccc(-c3cc(O)cc(O)c3)cc2)N1c1ccc(F)cc1. The molecule has 0 radical (unpaired) electrons. The first-order valence-electron chi connectivity index (χ1n) is 12.0. The van der Waals surface area contributed by atoms with Gasteiger partial charge in [0.2, 0.25) is 5.91 Å². The number of nitrogens with zero attached hydrogens (tertiary/aromatic N) is 1. The number of aliphatic hydroxyl groups is 1. The molecule has 0 aromatic heterocycles. The number of rotatable bonds is 7. The quantitative estimate of drug-likeness (QED) is 0.261. The Kier molecular flexibility index (Phi) is 6.63. The molecule has 0 saturated carbocycles. The molecular formula is C30H25F2NO4. The average Bonchev–Trinajstić information content (AvgIpc) is 2.88. The van der Waals surface area contributed by atoms with E-state index in [9.17, 15) is 28.9 Å². The molecule has 1 aliphatic heterocycles. The van der Waals surface area contributed by atoms with Gasteiger partial charge in [0, 0.05) is 11.8 Å². The zero-order valence-corrected chi connectivity index (χ0v) is 19.8. The maximum atomic E-state index is 13.5. The average molecular weight is 502 g/mol. The highest BCUT2D eigenvalue weighted by molar-refractivity contribution is 6.03. The Morgan fingerprint density at radius 2 is 1.32 bits per heavy atom. The van der Waals surface area contributed by atoms with Crippen molar-refractivity contribution in [2.45, 2.75) is 25.0 Å². The Labute approximate surface area is 212 Å². The fourth-order valence-corrected chi connectivity index (χ4v) is 4.92. The molecule has 0 bridgehead atoms. The lowest BCUT2D eigenvalue weighted by molar-refractivity contribution is -0.131. The van der Waals surface area contributed by atoms with Gasteiger partial charge >= 0.3 is 0 Å². The number of halogens is 2. The summed E-state index contributed by atoms with van der Waals surface area (Å²) in [6, 6.07) is 22.9. The summed E-state index contributed by atoms with van der Waals surface area (Å²) in [4.78, 5) is 14.9. The van der Waals surface area contributed by atoms with Crippen LogP contribution in [0.15, 0.2) is 91.0 Å². The molecule has 5 nitrogen and oxygen atoms in total. The van der Waals surface area contributed by atoms with E-state index in [0.717, 1.165) is 11.1 Å². The lowest BCUT2D eigenvalue weighted by atomic mass is 9.78. The second kappa shape index (κ2) is 10.0. The van der Waals surface area contributed by atoms with Gasteiger partial charge in [-0.25, -0.2) is 8.78 Å². The summed E-state index contributed by atoms with van der Waals surface area (Å²) in [5.41, 5.74) is 3.44. The van der Waals surface area contributed by atoms with E-state index in [0.29, 0.717) is 29.7 Å². The lowest BCUT2D eigenvalue weighted by Crippen LogP contribution is -2.55. The fraction of sp³-hybridized carbons (Fsp3) is 0.167. The molecule has 37 heavy (non-hydrogen) atoms. The smallest absolute Gasteiger partial charge is 0.233 e. The molecule has 3 atom stereocenters. The number of phenols is 2. The van der Waals surface area contributed by atoms with Crippen molar-refractivity contribution in [3.63, 3.8) is 0 Å². The summed E-state index contributed by atoms with van der Waals surface area (Å²) < 4.78 is 26.8. The molecule has 4 aromatic rings. The van der Waals surface area contributed by atoms with Crippen molar-refractivity contribution in [3.8, 4) is 22.6 Å². The molecule has 1 heterocycles. The summed E-state index contributed by atoms with van der Waals surface area (Å²) in [6.45, 7) is 0. The molecule has 1 amide bonds. The lowest BCUT2D eigenvalue weighted by Gasteiger charge is -2.48. The predicted molar refractivity (Wildman–Crippen MR) is 136 cm³/mol.